The van der Waals surface area contributed by atoms with Crippen molar-refractivity contribution in [1.29, 1.82) is 5.26 Å². The average Bonchev–Trinajstić information content (AvgIpc) is 3.48. The number of aromatic nitrogens is 3. The van der Waals surface area contributed by atoms with Crippen LogP contribution in [-0.2, 0) is 10.2 Å². The molecule has 8 nitrogen and oxygen atoms in total. The number of nitrogens with one attached hydrogen (secondary N) is 1. The first-order valence-corrected chi connectivity index (χ1v) is 9.89. The van der Waals surface area contributed by atoms with E-state index in [0.29, 0.717) is 35.1 Å². The van der Waals surface area contributed by atoms with Gasteiger partial charge < -0.3 is 14.8 Å². The molecule has 2 aromatic heterocycles. The Morgan fingerprint density at radius 2 is 2.00 bits per heavy atom. The summed E-state index contributed by atoms with van der Waals surface area (Å²) in [6.07, 6.45) is 2.32. The Bertz CT molecular complexity index is 1160. The van der Waals surface area contributed by atoms with Gasteiger partial charge in [-0.2, -0.15) is 5.26 Å². The molecule has 1 aromatic carbocycles. The maximum atomic E-state index is 12.7. The minimum atomic E-state index is -0.675. The van der Waals surface area contributed by atoms with Gasteiger partial charge in [0, 0.05) is 12.1 Å². The van der Waals surface area contributed by atoms with Crippen LogP contribution in [0.25, 0.3) is 16.9 Å². The molecule has 30 heavy (non-hydrogen) atoms. The van der Waals surface area contributed by atoms with E-state index in [2.05, 4.69) is 11.4 Å². The highest BCUT2D eigenvalue weighted by molar-refractivity contribution is 5.90. The fourth-order valence-electron chi connectivity index (χ4n) is 3.55. The van der Waals surface area contributed by atoms with Gasteiger partial charge in [-0.1, -0.05) is 13.0 Å². The molecule has 0 spiro atoms. The Hall–Kier alpha value is -3.60. The Balaban J connectivity index is 1.84. The number of carbonyl (C=O) groups is 1. The molecule has 0 atom stereocenters. The summed E-state index contributed by atoms with van der Waals surface area (Å²) in [6.45, 7) is 2.65. The molecule has 1 amide bonds. The van der Waals surface area contributed by atoms with E-state index >= 15 is 0 Å². The Labute approximate surface area is 174 Å². The molecule has 1 N–H and O–H groups in total. The maximum Gasteiger partial charge on any atom is 0.233 e. The van der Waals surface area contributed by atoms with Crippen molar-refractivity contribution in [3.63, 3.8) is 0 Å². The third-order valence-electron chi connectivity index (χ3n) is 5.43. The van der Waals surface area contributed by atoms with Crippen LogP contribution in [0.5, 0.6) is 11.5 Å². The smallest absolute Gasteiger partial charge is 0.233 e. The fourth-order valence-corrected chi connectivity index (χ4v) is 3.55. The van der Waals surface area contributed by atoms with Crippen LogP contribution in [0.4, 0.5) is 0 Å². The normalized spacial score (nSPS) is 14.2. The first kappa shape index (κ1) is 19.7. The molecule has 1 aliphatic carbocycles. The average molecular weight is 405 g/mol. The van der Waals surface area contributed by atoms with Gasteiger partial charge in [-0.3, -0.25) is 4.79 Å². The summed E-state index contributed by atoms with van der Waals surface area (Å²) in [4.78, 5) is 17.4. The van der Waals surface area contributed by atoms with Crippen molar-refractivity contribution in [3.05, 3.63) is 41.7 Å². The summed E-state index contributed by atoms with van der Waals surface area (Å²) in [5.74, 6) is 1.53. The minimum absolute atomic E-state index is 0.0270. The molecule has 1 aliphatic rings. The standard InChI is InChI=1S/C22H23N5O3/c1-4-11-24-21(28)22(9-10-22)20-25-19-17(29-2)8-7-16(27(19)26-20)14-5-6-15(13-23)18(12-14)30-3/h5-8,12H,4,9-11H2,1-3H3,(H,24,28). The monoisotopic (exact) mass is 405 g/mol. The number of benzene rings is 1. The van der Waals surface area contributed by atoms with Gasteiger partial charge in [0.2, 0.25) is 5.91 Å². The topological polar surface area (TPSA) is 102 Å². The maximum absolute atomic E-state index is 12.7. The van der Waals surface area contributed by atoms with Gasteiger partial charge >= 0.3 is 0 Å². The van der Waals surface area contributed by atoms with Crippen molar-refractivity contribution in [2.45, 2.75) is 31.6 Å². The van der Waals surface area contributed by atoms with E-state index in [4.69, 9.17) is 19.6 Å². The van der Waals surface area contributed by atoms with Crippen LogP contribution >= 0.6 is 0 Å². The Kier molecular flexibility index (Phi) is 5.04. The second-order valence-corrected chi connectivity index (χ2v) is 7.32. The zero-order chi connectivity index (χ0) is 21.3. The van der Waals surface area contributed by atoms with E-state index in [0.717, 1.165) is 30.5 Å². The number of hydrogen-bond donors (Lipinski definition) is 1. The number of ether oxygens (including phenoxy) is 2. The number of pyridine rings is 1. The van der Waals surface area contributed by atoms with Gasteiger partial charge in [0.05, 0.1) is 25.5 Å². The van der Waals surface area contributed by atoms with Crippen molar-refractivity contribution in [1.82, 2.24) is 19.9 Å². The van der Waals surface area contributed by atoms with Crippen LogP contribution < -0.4 is 14.8 Å². The van der Waals surface area contributed by atoms with Crippen LogP contribution in [0.2, 0.25) is 0 Å². The van der Waals surface area contributed by atoms with Crippen molar-refractivity contribution in [3.8, 4) is 28.8 Å². The number of methoxy groups -OCH3 is 2. The molecule has 1 fully saturated rings. The Morgan fingerprint density at radius 3 is 2.63 bits per heavy atom. The molecular weight excluding hydrogens is 382 g/mol. The highest BCUT2D eigenvalue weighted by Gasteiger charge is 2.54. The summed E-state index contributed by atoms with van der Waals surface area (Å²) in [6, 6.07) is 11.2. The number of amides is 1. The second kappa shape index (κ2) is 7.67. The van der Waals surface area contributed by atoms with E-state index in [1.54, 1.807) is 23.8 Å². The van der Waals surface area contributed by atoms with Crippen molar-refractivity contribution in [2.75, 3.05) is 20.8 Å². The lowest BCUT2D eigenvalue weighted by molar-refractivity contribution is -0.123. The third-order valence-corrected chi connectivity index (χ3v) is 5.43. The number of carbonyl (C=O) groups excluding carboxylic acids is 1. The van der Waals surface area contributed by atoms with E-state index in [1.807, 2.05) is 25.1 Å². The molecule has 0 radical (unpaired) electrons. The van der Waals surface area contributed by atoms with Gasteiger partial charge in [0.1, 0.15) is 17.2 Å². The number of rotatable bonds is 7. The highest BCUT2D eigenvalue weighted by atomic mass is 16.5. The molecular formula is C22H23N5O3. The lowest BCUT2D eigenvalue weighted by atomic mass is 10.1. The highest BCUT2D eigenvalue weighted by Crippen LogP contribution is 2.47. The molecule has 3 aromatic rings. The quantitative estimate of drug-likeness (QED) is 0.649. The van der Waals surface area contributed by atoms with Gasteiger partial charge in [-0.05, 0) is 43.5 Å². The zero-order valence-electron chi connectivity index (χ0n) is 17.2. The third kappa shape index (κ3) is 3.12. The molecule has 0 unspecified atom stereocenters. The van der Waals surface area contributed by atoms with Crippen LogP contribution in [-0.4, -0.2) is 41.3 Å². The molecule has 0 bridgehead atoms. The van der Waals surface area contributed by atoms with Gasteiger partial charge in [0.25, 0.3) is 0 Å². The summed E-state index contributed by atoms with van der Waals surface area (Å²) in [5.41, 5.74) is 1.90. The van der Waals surface area contributed by atoms with Gasteiger partial charge in [-0.15, -0.1) is 5.10 Å². The largest absolute Gasteiger partial charge is 0.495 e. The van der Waals surface area contributed by atoms with Gasteiger partial charge in [-0.25, -0.2) is 9.50 Å². The first-order valence-electron chi connectivity index (χ1n) is 9.89. The Morgan fingerprint density at radius 1 is 1.23 bits per heavy atom. The first-order chi connectivity index (χ1) is 14.6. The number of nitrogens with zero attached hydrogens (tertiary/aromatic N) is 4. The van der Waals surface area contributed by atoms with E-state index in [9.17, 15) is 10.1 Å². The predicted octanol–water partition coefficient (Wildman–Crippen LogP) is 2.84. The summed E-state index contributed by atoms with van der Waals surface area (Å²) >= 11 is 0. The molecule has 0 aliphatic heterocycles. The zero-order valence-corrected chi connectivity index (χ0v) is 17.2. The molecule has 8 heteroatoms. The molecule has 154 valence electrons. The SMILES string of the molecule is CCCNC(=O)C1(c2nc3c(OC)ccc(-c4ccc(C#N)c(OC)c4)n3n2)CC1. The summed E-state index contributed by atoms with van der Waals surface area (Å²) < 4.78 is 12.5. The van der Waals surface area contributed by atoms with E-state index in [-0.39, 0.29) is 5.91 Å². The number of nitriles is 1. The molecule has 1 saturated carbocycles. The summed E-state index contributed by atoms with van der Waals surface area (Å²) in [7, 11) is 3.11. The number of hydrogen-bond acceptors (Lipinski definition) is 6. The van der Waals surface area contributed by atoms with Crippen LogP contribution in [0.3, 0.4) is 0 Å². The van der Waals surface area contributed by atoms with Crippen molar-refractivity contribution < 1.29 is 14.3 Å². The van der Waals surface area contributed by atoms with Gasteiger partial charge in [0.15, 0.2) is 17.2 Å². The summed E-state index contributed by atoms with van der Waals surface area (Å²) in [5, 5.41) is 16.9. The van der Waals surface area contributed by atoms with Crippen molar-refractivity contribution in [2.24, 2.45) is 0 Å². The molecule has 0 saturated heterocycles. The van der Waals surface area contributed by atoms with Crippen LogP contribution in [0, 0.1) is 11.3 Å². The van der Waals surface area contributed by atoms with E-state index in [1.165, 1.54) is 7.11 Å². The van der Waals surface area contributed by atoms with Crippen molar-refractivity contribution >= 4 is 11.6 Å². The van der Waals surface area contributed by atoms with E-state index < -0.39 is 5.41 Å². The molecule has 4 rings (SSSR count). The second-order valence-electron chi connectivity index (χ2n) is 7.32. The molecule has 2 heterocycles. The minimum Gasteiger partial charge on any atom is -0.495 e. The van der Waals surface area contributed by atoms with Crippen LogP contribution in [0.1, 0.15) is 37.6 Å². The lowest BCUT2D eigenvalue weighted by Gasteiger charge is -2.11. The number of fused-ring (bicyclic) bond motifs is 1. The lowest BCUT2D eigenvalue weighted by Crippen LogP contribution is -2.35. The fraction of sp³-hybridized carbons (Fsp3) is 0.364. The van der Waals surface area contributed by atoms with Crippen LogP contribution in [0.15, 0.2) is 30.3 Å². The predicted molar refractivity (Wildman–Crippen MR) is 110 cm³/mol.